The predicted octanol–water partition coefficient (Wildman–Crippen LogP) is 4.09. The molecule has 1 heterocycles. The van der Waals surface area contributed by atoms with Gasteiger partial charge in [-0.3, -0.25) is 4.90 Å². The smallest absolute Gasteiger partial charge is 0.0617 e. The van der Waals surface area contributed by atoms with Gasteiger partial charge in [-0.25, -0.2) is 0 Å². The lowest BCUT2D eigenvalue weighted by Gasteiger charge is -2.54. The lowest BCUT2D eigenvalue weighted by molar-refractivity contribution is -0.136. The highest BCUT2D eigenvalue weighted by Crippen LogP contribution is 2.39. The molecule has 0 aliphatic carbocycles. The maximum atomic E-state index is 6.17. The summed E-state index contributed by atoms with van der Waals surface area (Å²) in [6.07, 6.45) is 2.61. The SMILES string of the molecule is C.CN1C(C)(C)CC(OC(C)(C)C)CC1(C)C. The second kappa shape index (κ2) is 4.89. The summed E-state index contributed by atoms with van der Waals surface area (Å²) in [7, 11) is 2.23. The molecule has 0 N–H and O–H groups in total. The Labute approximate surface area is 109 Å². The molecule has 0 bridgehead atoms. The van der Waals surface area contributed by atoms with Crippen LogP contribution in [0.25, 0.3) is 0 Å². The molecule has 0 atom stereocenters. The Balaban J connectivity index is 0.00000256. The summed E-state index contributed by atoms with van der Waals surface area (Å²) in [5.41, 5.74) is 0.405. The maximum absolute atomic E-state index is 6.17. The number of nitrogens with zero attached hydrogens (tertiary/aromatic N) is 1. The van der Waals surface area contributed by atoms with E-state index in [1.165, 1.54) is 0 Å². The molecular weight excluding hydrogens is 210 g/mol. The van der Waals surface area contributed by atoms with Crippen LogP contribution in [0, 0.1) is 0 Å². The van der Waals surface area contributed by atoms with Crippen LogP contribution >= 0.6 is 0 Å². The molecule has 1 aliphatic heterocycles. The molecule has 0 aromatic heterocycles. The molecule has 2 heteroatoms. The third-order valence-electron chi connectivity index (χ3n) is 3.79. The maximum Gasteiger partial charge on any atom is 0.0617 e. The minimum Gasteiger partial charge on any atom is -0.372 e. The van der Waals surface area contributed by atoms with Gasteiger partial charge in [0, 0.05) is 11.1 Å². The van der Waals surface area contributed by atoms with Crippen molar-refractivity contribution in [2.45, 2.75) is 91.5 Å². The minimum absolute atomic E-state index is 0. The summed E-state index contributed by atoms with van der Waals surface area (Å²) in [5.74, 6) is 0. The van der Waals surface area contributed by atoms with Crippen LogP contribution in [0.4, 0.5) is 0 Å². The molecule has 17 heavy (non-hydrogen) atoms. The molecule has 0 aromatic rings. The fourth-order valence-electron chi connectivity index (χ4n) is 2.86. The fraction of sp³-hybridized carbons (Fsp3) is 1.00. The van der Waals surface area contributed by atoms with Crippen LogP contribution in [-0.2, 0) is 4.74 Å². The van der Waals surface area contributed by atoms with Crippen LogP contribution < -0.4 is 0 Å². The Bertz CT molecular complexity index is 232. The summed E-state index contributed by atoms with van der Waals surface area (Å²) in [4.78, 5) is 2.49. The molecule has 0 aromatic carbocycles. The van der Waals surface area contributed by atoms with Crippen LogP contribution in [0.15, 0.2) is 0 Å². The first-order valence-electron chi connectivity index (χ1n) is 6.36. The highest BCUT2D eigenvalue weighted by atomic mass is 16.5. The molecule has 2 nitrogen and oxygen atoms in total. The topological polar surface area (TPSA) is 12.5 Å². The molecule has 1 saturated heterocycles. The average Bonchev–Trinajstić information content (AvgIpc) is 1.95. The van der Waals surface area contributed by atoms with Crippen molar-refractivity contribution in [3.05, 3.63) is 0 Å². The normalized spacial score (nSPS) is 25.4. The van der Waals surface area contributed by atoms with Gasteiger partial charge in [0.05, 0.1) is 11.7 Å². The molecule has 0 unspecified atom stereocenters. The first kappa shape index (κ1) is 16.9. The van der Waals surface area contributed by atoms with Crippen molar-refractivity contribution in [1.29, 1.82) is 0 Å². The largest absolute Gasteiger partial charge is 0.372 e. The highest BCUT2D eigenvalue weighted by Gasteiger charge is 2.44. The Hall–Kier alpha value is -0.0800. The Morgan fingerprint density at radius 1 is 1.00 bits per heavy atom. The number of hydrogen-bond acceptors (Lipinski definition) is 2. The third-order valence-corrected chi connectivity index (χ3v) is 3.79. The van der Waals surface area contributed by atoms with Gasteiger partial charge in [-0.15, -0.1) is 0 Å². The average molecular weight is 243 g/mol. The van der Waals surface area contributed by atoms with Crippen molar-refractivity contribution in [1.82, 2.24) is 4.90 Å². The quantitative estimate of drug-likeness (QED) is 0.688. The van der Waals surface area contributed by atoms with E-state index < -0.39 is 0 Å². The van der Waals surface area contributed by atoms with Gasteiger partial charge in [0.2, 0.25) is 0 Å². The molecule has 0 spiro atoms. The number of rotatable bonds is 1. The van der Waals surface area contributed by atoms with Gasteiger partial charge < -0.3 is 4.74 Å². The lowest BCUT2D eigenvalue weighted by Crippen LogP contribution is -2.60. The van der Waals surface area contributed by atoms with Crippen LogP contribution in [0.5, 0.6) is 0 Å². The van der Waals surface area contributed by atoms with Crippen LogP contribution in [0.1, 0.15) is 68.7 Å². The van der Waals surface area contributed by atoms with Gasteiger partial charge in [-0.2, -0.15) is 0 Å². The Morgan fingerprint density at radius 2 is 1.35 bits per heavy atom. The van der Waals surface area contributed by atoms with Gasteiger partial charge in [-0.1, -0.05) is 7.43 Å². The zero-order valence-corrected chi connectivity index (χ0v) is 12.3. The molecule has 1 aliphatic rings. The Morgan fingerprint density at radius 3 is 1.65 bits per heavy atom. The molecular formula is C15H33NO. The van der Waals surface area contributed by atoms with E-state index >= 15 is 0 Å². The standard InChI is InChI=1S/C14H29NO.CH4/c1-12(2,3)16-11-9-13(4,5)15(8)14(6,7)10-11;/h11H,9-10H2,1-8H3;1H4. The number of piperidine rings is 1. The van der Waals surface area contributed by atoms with E-state index in [1.807, 2.05) is 0 Å². The van der Waals surface area contributed by atoms with E-state index in [0.29, 0.717) is 6.10 Å². The summed E-state index contributed by atoms with van der Waals surface area (Å²) in [6, 6.07) is 0. The van der Waals surface area contributed by atoms with E-state index in [1.54, 1.807) is 0 Å². The van der Waals surface area contributed by atoms with Crippen molar-refractivity contribution >= 4 is 0 Å². The minimum atomic E-state index is -0.0350. The summed E-state index contributed by atoms with van der Waals surface area (Å²) < 4.78 is 6.17. The second-order valence-electron chi connectivity index (χ2n) is 7.44. The van der Waals surface area contributed by atoms with E-state index in [4.69, 9.17) is 4.74 Å². The van der Waals surface area contributed by atoms with E-state index in [2.05, 4.69) is 60.4 Å². The highest BCUT2D eigenvalue weighted by molar-refractivity contribution is 4.99. The van der Waals surface area contributed by atoms with Crippen LogP contribution in [-0.4, -0.2) is 34.7 Å². The van der Waals surface area contributed by atoms with Crippen LogP contribution in [0.3, 0.4) is 0 Å². The van der Waals surface area contributed by atoms with Crippen molar-refractivity contribution in [2.24, 2.45) is 0 Å². The zero-order chi connectivity index (χ0) is 12.8. The lowest BCUT2D eigenvalue weighted by atomic mass is 9.78. The third kappa shape index (κ3) is 4.26. The van der Waals surface area contributed by atoms with E-state index in [-0.39, 0.29) is 24.1 Å². The number of ether oxygens (including phenoxy) is 1. The van der Waals surface area contributed by atoms with Crippen molar-refractivity contribution in [2.75, 3.05) is 7.05 Å². The molecule has 0 amide bonds. The zero-order valence-electron chi connectivity index (χ0n) is 12.3. The second-order valence-corrected chi connectivity index (χ2v) is 7.44. The van der Waals surface area contributed by atoms with E-state index in [0.717, 1.165) is 12.8 Å². The molecule has 0 radical (unpaired) electrons. The van der Waals surface area contributed by atoms with E-state index in [9.17, 15) is 0 Å². The monoisotopic (exact) mass is 243 g/mol. The molecule has 1 rings (SSSR count). The molecule has 1 fully saturated rings. The van der Waals surface area contributed by atoms with Gasteiger partial charge in [0.15, 0.2) is 0 Å². The first-order chi connectivity index (χ1) is 6.94. The van der Waals surface area contributed by atoms with Crippen molar-refractivity contribution < 1.29 is 4.74 Å². The van der Waals surface area contributed by atoms with Gasteiger partial charge in [-0.05, 0) is 68.4 Å². The van der Waals surface area contributed by atoms with Crippen LogP contribution in [0.2, 0.25) is 0 Å². The van der Waals surface area contributed by atoms with Crippen molar-refractivity contribution in [3.63, 3.8) is 0 Å². The summed E-state index contributed by atoms with van der Waals surface area (Å²) in [6.45, 7) is 15.7. The van der Waals surface area contributed by atoms with Gasteiger partial charge in [0.1, 0.15) is 0 Å². The number of likely N-dealkylation sites (tertiary alicyclic amines) is 1. The molecule has 0 saturated carbocycles. The summed E-state index contributed by atoms with van der Waals surface area (Å²) in [5, 5.41) is 0. The first-order valence-corrected chi connectivity index (χ1v) is 6.36. The molecule has 104 valence electrons. The van der Waals surface area contributed by atoms with Gasteiger partial charge >= 0.3 is 0 Å². The fourth-order valence-corrected chi connectivity index (χ4v) is 2.86. The van der Waals surface area contributed by atoms with Crippen molar-refractivity contribution in [3.8, 4) is 0 Å². The number of hydrogen-bond donors (Lipinski definition) is 0. The Kier molecular flexibility index (Phi) is 4.87. The van der Waals surface area contributed by atoms with Gasteiger partial charge in [0.25, 0.3) is 0 Å². The summed E-state index contributed by atoms with van der Waals surface area (Å²) >= 11 is 0. The predicted molar refractivity (Wildman–Crippen MR) is 76.5 cm³/mol.